The van der Waals surface area contributed by atoms with Gasteiger partial charge in [-0.3, -0.25) is 9.48 Å². The minimum atomic E-state index is -0.508. The Bertz CT molecular complexity index is 1580. The van der Waals surface area contributed by atoms with Crippen LogP contribution < -0.4 is 10.1 Å². The number of benzene rings is 3. The lowest BCUT2D eigenvalue weighted by atomic mass is 9.78. The van der Waals surface area contributed by atoms with Crippen LogP contribution in [-0.2, 0) is 18.6 Å². The van der Waals surface area contributed by atoms with Crippen molar-refractivity contribution in [2.45, 2.75) is 32.4 Å². The van der Waals surface area contributed by atoms with Gasteiger partial charge >= 0.3 is 0 Å². The number of furan rings is 1. The van der Waals surface area contributed by atoms with E-state index in [0.717, 1.165) is 0 Å². The van der Waals surface area contributed by atoms with Gasteiger partial charge in [0.25, 0.3) is 5.91 Å². The van der Waals surface area contributed by atoms with Crippen molar-refractivity contribution in [3.63, 3.8) is 0 Å². The van der Waals surface area contributed by atoms with Crippen molar-refractivity contribution < 1.29 is 18.3 Å². The van der Waals surface area contributed by atoms with Crippen molar-refractivity contribution in [2.75, 3.05) is 5.32 Å². The SMILES string of the molecule is CC(C)(c1ccccc1)c1ccc(OCc2ccc(C(=O)Nc3nn(Cc4ccccc4F)cc3Cl)o2)cc1. The van der Waals surface area contributed by atoms with Gasteiger partial charge in [0.05, 0.1) is 6.54 Å². The minimum Gasteiger partial charge on any atom is -0.486 e. The molecule has 0 radical (unpaired) electrons. The van der Waals surface area contributed by atoms with Crippen molar-refractivity contribution >= 4 is 23.3 Å². The van der Waals surface area contributed by atoms with E-state index in [1.807, 2.05) is 30.3 Å². The molecule has 0 aliphatic heterocycles. The third-order valence-corrected chi connectivity index (χ3v) is 6.85. The number of nitrogens with one attached hydrogen (secondary N) is 1. The first kappa shape index (κ1) is 26.3. The van der Waals surface area contributed by atoms with Gasteiger partial charge in [-0.25, -0.2) is 4.39 Å². The third kappa shape index (κ3) is 6.04. The molecule has 39 heavy (non-hydrogen) atoms. The molecule has 5 aromatic rings. The van der Waals surface area contributed by atoms with Crippen LogP contribution in [0.5, 0.6) is 5.75 Å². The number of halogens is 2. The Morgan fingerprint density at radius 2 is 1.67 bits per heavy atom. The number of amides is 1. The molecule has 0 fully saturated rings. The fraction of sp³-hybridized carbons (Fsp3) is 0.161. The summed E-state index contributed by atoms with van der Waals surface area (Å²) in [6.45, 7) is 4.71. The molecule has 0 atom stereocenters. The monoisotopic (exact) mass is 543 g/mol. The van der Waals surface area contributed by atoms with Gasteiger partial charge in [-0.1, -0.05) is 86.1 Å². The highest BCUT2D eigenvalue weighted by molar-refractivity contribution is 6.33. The number of rotatable bonds is 9. The molecule has 2 aromatic heterocycles. The molecule has 0 aliphatic carbocycles. The number of aromatic nitrogens is 2. The third-order valence-electron chi connectivity index (χ3n) is 6.58. The van der Waals surface area contributed by atoms with Crippen LogP contribution in [0.15, 0.2) is 102 Å². The summed E-state index contributed by atoms with van der Waals surface area (Å²) in [5.41, 5.74) is 2.73. The fourth-order valence-electron chi connectivity index (χ4n) is 4.25. The summed E-state index contributed by atoms with van der Waals surface area (Å²) >= 11 is 6.24. The predicted molar refractivity (Wildman–Crippen MR) is 149 cm³/mol. The van der Waals surface area contributed by atoms with Crippen LogP contribution in [0.4, 0.5) is 10.2 Å². The van der Waals surface area contributed by atoms with E-state index >= 15 is 0 Å². The first-order valence-electron chi connectivity index (χ1n) is 12.4. The van der Waals surface area contributed by atoms with Crippen LogP contribution in [0, 0.1) is 5.82 Å². The lowest BCUT2D eigenvalue weighted by Crippen LogP contribution is -2.18. The number of ether oxygens (including phenoxy) is 1. The molecule has 6 nitrogen and oxygen atoms in total. The molecular formula is C31H27ClFN3O3. The number of carbonyl (C=O) groups is 1. The quantitative estimate of drug-likeness (QED) is 0.209. The van der Waals surface area contributed by atoms with Gasteiger partial charge in [0.15, 0.2) is 11.6 Å². The second kappa shape index (κ2) is 11.2. The maximum Gasteiger partial charge on any atom is 0.292 e. The van der Waals surface area contributed by atoms with Gasteiger partial charge in [-0.2, -0.15) is 5.10 Å². The molecular weight excluding hydrogens is 517 g/mol. The highest BCUT2D eigenvalue weighted by Gasteiger charge is 2.23. The van der Waals surface area contributed by atoms with Gasteiger partial charge in [0.2, 0.25) is 0 Å². The smallest absolute Gasteiger partial charge is 0.292 e. The van der Waals surface area contributed by atoms with E-state index in [0.29, 0.717) is 17.1 Å². The average molecular weight is 544 g/mol. The maximum absolute atomic E-state index is 14.0. The highest BCUT2D eigenvalue weighted by Crippen LogP contribution is 2.32. The van der Waals surface area contributed by atoms with Crippen LogP contribution in [0.2, 0.25) is 5.02 Å². The molecule has 0 unspecified atom stereocenters. The maximum atomic E-state index is 14.0. The van der Waals surface area contributed by atoms with Crippen molar-refractivity contribution in [2.24, 2.45) is 0 Å². The van der Waals surface area contributed by atoms with Gasteiger partial charge in [-0.05, 0) is 41.5 Å². The molecule has 5 rings (SSSR count). The number of anilines is 1. The normalized spacial score (nSPS) is 11.4. The second-order valence-electron chi connectivity index (χ2n) is 9.64. The van der Waals surface area contributed by atoms with Crippen LogP contribution in [-0.4, -0.2) is 15.7 Å². The van der Waals surface area contributed by atoms with E-state index in [4.69, 9.17) is 20.8 Å². The number of carbonyl (C=O) groups excluding carboxylic acids is 1. The Hall–Kier alpha value is -4.36. The van der Waals surface area contributed by atoms with E-state index in [2.05, 4.69) is 48.5 Å². The molecule has 2 heterocycles. The van der Waals surface area contributed by atoms with Crippen LogP contribution in [0.25, 0.3) is 0 Å². The predicted octanol–water partition coefficient (Wildman–Crippen LogP) is 7.47. The second-order valence-corrected chi connectivity index (χ2v) is 10.0. The van der Waals surface area contributed by atoms with Gasteiger partial charge in [0.1, 0.15) is 29.0 Å². The number of hydrogen-bond donors (Lipinski definition) is 1. The first-order valence-corrected chi connectivity index (χ1v) is 12.8. The summed E-state index contributed by atoms with van der Waals surface area (Å²) in [5.74, 6) is 0.583. The Morgan fingerprint density at radius 1 is 0.974 bits per heavy atom. The van der Waals surface area contributed by atoms with Crippen molar-refractivity contribution in [1.82, 2.24) is 9.78 Å². The van der Waals surface area contributed by atoms with Gasteiger partial charge < -0.3 is 14.5 Å². The van der Waals surface area contributed by atoms with Crippen molar-refractivity contribution in [1.29, 1.82) is 0 Å². The molecule has 0 saturated carbocycles. The number of hydrogen-bond acceptors (Lipinski definition) is 4. The Morgan fingerprint density at radius 3 is 2.41 bits per heavy atom. The number of nitrogens with zero attached hydrogens (tertiary/aromatic N) is 2. The fourth-order valence-corrected chi connectivity index (χ4v) is 4.45. The van der Waals surface area contributed by atoms with E-state index in [-0.39, 0.29) is 41.0 Å². The Labute approximate surface area is 231 Å². The Balaban J connectivity index is 1.18. The molecule has 0 aliphatic rings. The zero-order valence-electron chi connectivity index (χ0n) is 21.5. The largest absolute Gasteiger partial charge is 0.486 e. The molecule has 198 valence electrons. The Kier molecular flexibility index (Phi) is 7.52. The van der Waals surface area contributed by atoms with Crippen molar-refractivity contribution in [3.05, 3.63) is 136 Å². The molecule has 3 aromatic carbocycles. The summed E-state index contributed by atoms with van der Waals surface area (Å²) in [7, 11) is 0. The lowest BCUT2D eigenvalue weighted by Gasteiger charge is -2.26. The topological polar surface area (TPSA) is 69.3 Å². The summed E-state index contributed by atoms with van der Waals surface area (Å²) in [6, 6.07) is 28.0. The van der Waals surface area contributed by atoms with Crippen LogP contribution in [0.3, 0.4) is 0 Å². The van der Waals surface area contributed by atoms with Crippen molar-refractivity contribution in [3.8, 4) is 5.75 Å². The molecule has 0 bridgehead atoms. The standard InChI is InChI=1S/C31H27ClFN3O3/c1-31(2,22-9-4-3-5-10-22)23-12-14-24(15-13-23)38-20-25-16-17-28(39-25)30(37)34-29-26(32)19-36(35-29)18-21-8-6-7-11-27(21)33/h3-17,19H,18,20H2,1-2H3,(H,34,35,37). The summed E-state index contributed by atoms with van der Waals surface area (Å²) in [4.78, 5) is 12.7. The summed E-state index contributed by atoms with van der Waals surface area (Å²) in [6.07, 6.45) is 1.53. The van der Waals surface area contributed by atoms with Crippen LogP contribution >= 0.6 is 11.6 Å². The zero-order chi connectivity index (χ0) is 27.4. The zero-order valence-corrected chi connectivity index (χ0v) is 22.3. The van der Waals surface area contributed by atoms with E-state index in [1.54, 1.807) is 30.3 Å². The first-order chi connectivity index (χ1) is 18.8. The summed E-state index contributed by atoms with van der Waals surface area (Å²) in [5, 5.41) is 7.13. The van der Waals surface area contributed by atoms with E-state index in [9.17, 15) is 9.18 Å². The van der Waals surface area contributed by atoms with Gasteiger partial charge in [-0.15, -0.1) is 0 Å². The molecule has 0 saturated heterocycles. The average Bonchev–Trinajstić information content (AvgIpc) is 3.56. The molecule has 1 N–H and O–H groups in total. The molecule has 8 heteroatoms. The van der Waals surface area contributed by atoms with E-state index in [1.165, 1.54) is 28.1 Å². The van der Waals surface area contributed by atoms with Gasteiger partial charge in [0, 0.05) is 17.2 Å². The van der Waals surface area contributed by atoms with E-state index < -0.39 is 5.91 Å². The lowest BCUT2D eigenvalue weighted by molar-refractivity contribution is 0.0992. The van der Waals surface area contributed by atoms with Crippen LogP contribution in [0.1, 0.15) is 46.9 Å². The minimum absolute atomic E-state index is 0.0910. The summed E-state index contributed by atoms with van der Waals surface area (Å²) < 4.78 is 27.0. The molecule has 1 amide bonds. The molecule has 0 spiro atoms. The highest BCUT2D eigenvalue weighted by atomic mass is 35.5.